The van der Waals surface area contributed by atoms with Gasteiger partial charge in [0.1, 0.15) is 11.4 Å². The molecule has 35 heavy (non-hydrogen) atoms. The van der Waals surface area contributed by atoms with Crippen molar-refractivity contribution in [2.75, 3.05) is 57.3 Å². The molecule has 0 fully saturated rings. The molecule has 0 spiro atoms. The first-order valence-electron chi connectivity index (χ1n) is 11.1. The lowest BCUT2D eigenvalue weighted by atomic mass is 10.1. The number of fused-ring (bicyclic) bond motifs is 1. The number of pyridine rings is 1. The Morgan fingerprint density at radius 2 is 1.89 bits per heavy atom. The van der Waals surface area contributed by atoms with Crippen LogP contribution in [0.1, 0.15) is 0 Å². The number of hydrogen-bond donors (Lipinski definition) is 2. The lowest BCUT2D eigenvalue weighted by Crippen LogP contribution is -2.29. The van der Waals surface area contributed by atoms with Crippen molar-refractivity contribution in [3.05, 3.63) is 47.1 Å². The molecule has 1 aromatic carbocycles. The Balaban J connectivity index is 1.67. The molecule has 0 amide bonds. The van der Waals surface area contributed by atoms with Crippen LogP contribution in [-0.4, -0.2) is 70.6 Å². The second-order valence-corrected chi connectivity index (χ2v) is 8.76. The topological polar surface area (TPSA) is 119 Å². The fourth-order valence-corrected chi connectivity index (χ4v) is 3.85. The van der Waals surface area contributed by atoms with E-state index in [1.807, 2.05) is 34.3 Å². The highest BCUT2D eigenvalue weighted by Gasteiger charge is 2.16. The number of nitrogens with one attached hydrogen (secondary N) is 1. The molecule has 3 aromatic heterocycles. The average Bonchev–Trinajstić information content (AvgIpc) is 3.26. The molecule has 0 aliphatic rings. The normalized spacial score (nSPS) is 11.3. The van der Waals surface area contributed by atoms with Gasteiger partial charge in [-0.3, -0.25) is 14.0 Å². The highest BCUT2D eigenvalue weighted by Crippen LogP contribution is 2.36. The number of benzene rings is 1. The van der Waals surface area contributed by atoms with E-state index in [2.05, 4.69) is 30.2 Å². The number of rotatable bonds is 8. The zero-order valence-electron chi connectivity index (χ0n) is 20.9. The number of nitrogen functional groups attached to an aromatic ring is 1. The summed E-state index contributed by atoms with van der Waals surface area (Å²) in [6.45, 7) is 1.71. The molecule has 4 aromatic rings. The fourth-order valence-electron chi connectivity index (χ4n) is 3.85. The van der Waals surface area contributed by atoms with Crippen molar-refractivity contribution in [3.8, 4) is 16.9 Å². The predicted octanol–water partition coefficient (Wildman–Crippen LogP) is 2.06. The number of nitrogens with zero attached hydrogens (tertiary/aromatic N) is 7. The van der Waals surface area contributed by atoms with Crippen LogP contribution < -0.4 is 26.2 Å². The number of hydrogen-bond acceptors (Lipinski definition) is 9. The summed E-state index contributed by atoms with van der Waals surface area (Å²) in [5, 5.41) is 8.09. The molecule has 0 aliphatic heterocycles. The number of nitrogens with two attached hydrogens (primary N) is 1. The molecule has 3 heterocycles. The molecule has 184 valence electrons. The van der Waals surface area contributed by atoms with Crippen molar-refractivity contribution < 1.29 is 4.74 Å². The predicted molar refractivity (Wildman–Crippen MR) is 139 cm³/mol. The number of likely N-dealkylation sites (N-methyl/N-ethyl adjacent to an activating group) is 2. The summed E-state index contributed by atoms with van der Waals surface area (Å²) in [6.07, 6.45) is 5.15. The van der Waals surface area contributed by atoms with Crippen molar-refractivity contribution in [3.63, 3.8) is 0 Å². The Morgan fingerprint density at radius 3 is 2.54 bits per heavy atom. The van der Waals surface area contributed by atoms with E-state index >= 15 is 0 Å². The van der Waals surface area contributed by atoms with Crippen LogP contribution in [0, 0.1) is 0 Å². The Kier molecular flexibility index (Phi) is 6.61. The first-order chi connectivity index (χ1) is 16.7. The van der Waals surface area contributed by atoms with Crippen LogP contribution in [-0.2, 0) is 14.1 Å². The molecule has 0 unspecified atom stereocenters. The Bertz CT molecular complexity index is 1420. The maximum Gasteiger partial charge on any atom is 0.259 e. The summed E-state index contributed by atoms with van der Waals surface area (Å²) in [7, 11) is 11.2. The van der Waals surface area contributed by atoms with Crippen LogP contribution in [0.2, 0.25) is 0 Å². The van der Waals surface area contributed by atoms with Gasteiger partial charge < -0.3 is 25.6 Å². The first kappa shape index (κ1) is 24.0. The second kappa shape index (κ2) is 9.63. The van der Waals surface area contributed by atoms with Gasteiger partial charge in [-0.15, -0.1) is 0 Å². The lowest BCUT2D eigenvalue weighted by molar-refractivity contribution is 0.413. The first-order valence-corrected chi connectivity index (χ1v) is 11.1. The van der Waals surface area contributed by atoms with E-state index in [0.29, 0.717) is 34.3 Å². The van der Waals surface area contributed by atoms with Crippen molar-refractivity contribution in [2.24, 2.45) is 14.1 Å². The van der Waals surface area contributed by atoms with Crippen LogP contribution in [0.5, 0.6) is 5.75 Å². The van der Waals surface area contributed by atoms with Crippen molar-refractivity contribution >= 4 is 34.0 Å². The van der Waals surface area contributed by atoms with Crippen LogP contribution in [0.3, 0.4) is 0 Å². The Hall–Kier alpha value is -4.12. The van der Waals surface area contributed by atoms with Crippen molar-refractivity contribution in [1.82, 2.24) is 29.2 Å². The summed E-state index contributed by atoms with van der Waals surface area (Å²) in [6, 6.07) is 5.48. The minimum atomic E-state index is -0.165. The van der Waals surface area contributed by atoms with Gasteiger partial charge in [0.15, 0.2) is 0 Å². The highest BCUT2D eigenvalue weighted by atomic mass is 16.5. The summed E-state index contributed by atoms with van der Waals surface area (Å²) in [5.74, 6) is 0.934. The zero-order chi connectivity index (χ0) is 25.3. The van der Waals surface area contributed by atoms with Crippen molar-refractivity contribution in [2.45, 2.75) is 0 Å². The Morgan fingerprint density at radius 1 is 1.11 bits per heavy atom. The van der Waals surface area contributed by atoms with Crippen molar-refractivity contribution in [1.29, 1.82) is 0 Å². The van der Waals surface area contributed by atoms with E-state index in [4.69, 9.17) is 10.5 Å². The maximum atomic E-state index is 13.0. The standard InChI is InChI=1S/C24H31N9O2/c1-30(2)7-8-31(3)20-11-21(35-6)19(10-18(20)25)28-24-26-12-15-9-17(16-13-27-32(4)14-16)23(34)33(5)22(15)29-24/h9-14H,7-8,25H2,1-6H3,(H,26,28,29). The van der Waals surface area contributed by atoms with E-state index in [0.717, 1.165) is 29.7 Å². The second-order valence-electron chi connectivity index (χ2n) is 8.76. The minimum Gasteiger partial charge on any atom is -0.494 e. The molecule has 11 heteroatoms. The highest BCUT2D eigenvalue weighted by molar-refractivity contribution is 5.83. The molecule has 0 bridgehead atoms. The third-order valence-corrected chi connectivity index (χ3v) is 5.85. The number of ether oxygens (including phenoxy) is 1. The third-order valence-electron chi connectivity index (χ3n) is 5.85. The van der Waals surface area contributed by atoms with Gasteiger partial charge in [0.2, 0.25) is 5.95 Å². The zero-order valence-corrected chi connectivity index (χ0v) is 20.9. The summed E-state index contributed by atoms with van der Waals surface area (Å²) >= 11 is 0. The summed E-state index contributed by atoms with van der Waals surface area (Å²) in [5.41, 5.74) is 10.1. The average molecular weight is 478 g/mol. The van der Waals surface area contributed by atoms with Gasteiger partial charge in [-0.1, -0.05) is 0 Å². The quantitative estimate of drug-likeness (QED) is 0.368. The van der Waals surface area contributed by atoms with Gasteiger partial charge in [0.25, 0.3) is 5.56 Å². The summed E-state index contributed by atoms with van der Waals surface area (Å²) in [4.78, 5) is 26.3. The number of aromatic nitrogens is 5. The van der Waals surface area contributed by atoms with E-state index in [1.165, 1.54) is 4.57 Å². The molecule has 11 nitrogen and oxygen atoms in total. The van der Waals surface area contributed by atoms with Crippen LogP contribution in [0.4, 0.5) is 23.0 Å². The van der Waals surface area contributed by atoms with Gasteiger partial charge in [-0.25, -0.2) is 4.98 Å². The molecular weight excluding hydrogens is 446 g/mol. The molecule has 4 rings (SSSR count). The van der Waals surface area contributed by atoms with E-state index in [-0.39, 0.29) is 5.56 Å². The maximum absolute atomic E-state index is 13.0. The monoisotopic (exact) mass is 477 g/mol. The van der Waals surface area contributed by atoms with E-state index < -0.39 is 0 Å². The fraction of sp³-hybridized carbons (Fsp3) is 0.333. The van der Waals surface area contributed by atoms with Gasteiger partial charge in [-0.05, 0) is 26.2 Å². The molecule has 3 N–H and O–H groups in total. The molecule has 0 radical (unpaired) electrons. The minimum absolute atomic E-state index is 0.165. The van der Waals surface area contributed by atoms with Gasteiger partial charge in [0.05, 0.1) is 35.9 Å². The summed E-state index contributed by atoms with van der Waals surface area (Å²) < 4.78 is 8.78. The van der Waals surface area contributed by atoms with Gasteiger partial charge >= 0.3 is 0 Å². The molecular formula is C24H31N9O2. The number of anilines is 4. The van der Waals surface area contributed by atoms with E-state index in [9.17, 15) is 4.79 Å². The third kappa shape index (κ3) is 4.90. The number of methoxy groups -OCH3 is 1. The SMILES string of the molecule is COc1cc(N(C)CCN(C)C)c(N)cc1Nc1ncc2cc(-c3cnn(C)c3)c(=O)n(C)c2n1. The number of aryl methyl sites for hydroxylation is 2. The molecule has 0 saturated heterocycles. The Labute approximate surface area is 203 Å². The molecule has 0 aliphatic carbocycles. The smallest absolute Gasteiger partial charge is 0.259 e. The molecule has 0 saturated carbocycles. The van der Waals surface area contributed by atoms with Gasteiger partial charge in [0, 0.05) is 63.6 Å². The van der Waals surface area contributed by atoms with Gasteiger partial charge in [-0.2, -0.15) is 10.1 Å². The lowest BCUT2D eigenvalue weighted by Gasteiger charge is -2.24. The van der Waals surface area contributed by atoms with Crippen LogP contribution in [0.15, 0.2) is 41.6 Å². The van der Waals surface area contributed by atoms with Crippen LogP contribution in [0.25, 0.3) is 22.2 Å². The molecule has 0 atom stereocenters. The van der Waals surface area contributed by atoms with E-state index in [1.54, 1.807) is 49.6 Å². The van der Waals surface area contributed by atoms with Crippen LogP contribution >= 0.6 is 0 Å². The largest absolute Gasteiger partial charge is 0.494 e.